The van der Waals surface area contributed by atoms with E-state index in [-0.39, 0.29) is 11.1 Å². The summed E-state index contributed by atoms with van der Waals surface area (Å²) >= 11 is 0. The number of benzene rings is 1. The van der Waals surface area contributed by atoms with Crippen LogP contribution < -0.4 is 10.2 Å². The van der Waals surface area contributed by atoms with Gasteiger partial charge in [0.15, 0.2) is 11.6 Å². The minimum atomic E-state index is -1.36. The molecule has 0 radical (unpaired) electrons. The Hall–Kier alpha value is -2.37. The molecule has 88 valence electrons. The van der Waals surface area contributed by atoms with Gasteiger partial charge in [0.05, 0.1) is 12.6 Å². The zero-order valence-electron chi connectivity index (χ0n) is 8.78. The molecular formula is C11H8FNO4. The Morgan fingerprint density at radius 3 is 2.76 bits per heavy atom. The molecule has 2 N–H and O–H groups in total. The molecule has 0 unspecified atom stereocenters. The number of carbonyl (C=O) groups is 1. The highest BCUT2D eigenvalue weighted by atomic mass is 19.1. The van der Waals surface area contributed by atoms with Gasteiger partial charge in [-0.15, -0.1) is 0 Å². The zero-order valence-corrected chi connectivity index (χ0v) is 8.78. The molecule has 0 saturated carbocycles. The van der Waals surface area contributed by atoms with E-state index in [0.717, 1.165) is 12.3 Å². The van der Waals surface area contributed by atoms with Crippen molar-refractivity contribution in [2.24, 2.45) is 0 Å². The summed E-state index contributed by atoms with van der Waals surface area (Å²) in [5.41, 5.74) is -0.840. The van der Waals surface area contributed by atoms with Gasteiger partial charge in [-0.25, -0.2) is 9.18 Å². The molecule has 1 aromatic heterocycles. The molecule has 0 amide bonds. The first-order chi connectivity index (χ1) is 8.04. The Labute approximate surface area is 94.5 Å². The summed E-state index contributed by atoms with van der Waals surface area (Å²) < 4.78 is 18.2. The van der Waals surface area contributed by atoms with Crippen molar-refractivity contribution in [3.63, 3.8) is 0 Å². The first-order valence-electron chi connectivity index (χ1n) is 4.67. The van der Waals surface area contributed by atoms with Crippen LogP contribution in [0.3, 0.4) is 0 Å². The third kappa shape index (κ3) is 1.73. The monoisotopic (exact) mass is 237 g/mol. The van der Waals surface area contributed by atoms with Crippen LogP contribution in [0.2, 0.25) is 0 Å². The predicted octanol–water partition coefficient (Wildman–Crippen LogP) is 1.37. The van der Waals surface area contributed by atoms with Gasteiger partial charge in [0.2, 0.25) is 5.43 Å². The molecule has 0 aliphatic rings. The van der Waals surface area contributed by atoms with E-state index in [4.69, 9.17) is 9.84 Å². The number of carboxylic acid groups (broad SMARTS) is 1. The van der Waals surface area contributed by atoms with Gasteiger partial charge in [-0.3, -0.25) is 4.79 Å². The molecule has 0 saturated heterocycles. The SMILES string of the molecule is COc1cc2[nH]cc(C(=O)O)c(=O)c2cc1F. The maximum atomic E-state index is 13.4. The second-order valence-electron chi connectivity index (χ2n) is 3.37. The summed E-state index contributed by atoms with van der Waals surface area (Å²) in [4.78, 5) is 25.1. The van der Waals surface area contributed by atoms with Crippen molar-refractivity contribution in [3.8, 4) is 5.75 Å². The molecular weight excluding hydrogens is 229 g/mol. The number of aromatic carboxylic acids is 1. The second kappa shape index (κ2) is 3.89. The largest absolute Gasteiger partial charge is 0.494 e. The maximum absolute atomic E-state index is 13.4. The van der Waals surface area contributed by atoms with Crippen molar-refractivity contribution in [3.05, 3.63) is 39.9 Å². The summed E-state index contributed by atoms with van der Waals surface area (Å²) in [5, 5.41) is 8.73. The lowest BCUT2D eigenvalue weighted by Gasteiger charge is -2.04. The fourth-order valence-corrected chi connectivity index (χ4v) is 1.54. The molecule has 6 heteroatoms. The summed E-state index contributed by atoms with van der Waals surface area (Å²) in [6.07, 6.45) is 1.07. The number of aromatic nitrogens is 1. The van der Waals surface area contributed by atoms with Crippen LogP contribution in [0.25, 0.3) is 10.9 Å². The average molecular weight is 237 g/mol. The van der Waals surface area contributed by atoms with E-state index in [2.05, 4.69) is 4.98 Å². The molecule has 17 heavy (non-hydrogen) atoms. The van der Waals surface area contributed by atoms with Crippen LogP contribution >= 0.6 is 0 Å². The van der Waals surface area contributed by atoms with E-state index in [9.17, 15) is 14.0 Å². The molecule has 0 bridgehead atoms. The molecule has 2 aromatic rings. The van der Waals surface area contributed by atoms with E-state index < -0.39 is 22.8 Å². The Balaban J connectivity index is 2.83. The lowest BCUT2D eigenvalue weighted by Crippen LogP contribution is -2.15. The van der Waals surface area contributed by atoms with Crippen molar-refractivity contribution < 1.29 is 19.0 Å². The average Bonchev–Trinajstić information content (AvgIpc) is 2.29. The third-order valence-electron chi connectivity index (χ3n) is 2.38. The van der Waals surface area contributed by atoms with Crippen molar-refractivity contribution in [1.82, 2.24) is 4.98 Å². The fourth-order valence-electron chi connectivity index (χ4n) is 1.54. The van der Waals surface area contributed by atoms with Crippen LogP contribution in [0.5, 0.6) is 5.75 Å². The third-order valence-corrected chi connectivity index (χ3v) is 2.38. The van der Waals surface area contributed by atoms with Gasteiger partial charge >= 0.3 is 5.97 Å². The normalized spacial score (nSPS) is 10.5. The van der Waals surface area contributed by atoms with Gasteiger partial charge in [-0.05, 0) is 6.07 Å². The van der Waals surface area contributed by atoms with E-state index >= 15 is 0 Å². The van der Waals surface area contributed by atoms with Crippen LogP contribution in [0, 0.1) is 5.82 Å². The highest BCUT2D eigenvalue weighted by molar-refractivity contribution is 5.92. The van der Waals surface area contributed by atoms with Gasteiger partial charge in [0.25, 0.3) is 0 Å². The quantitative estimate of drug-likeness (QED) is 0.826. The number of fused-ring (bicyclic) bond motifs is 1. The van der Waals surface area contributed by atoms with E-state index in [1.807, 2.05) is 0 Å². The molecule has 1 heterocycles. The number of methoxy groups -OCH3 is 1. The zero-order chi connectivity index (χ0) is 12.6. The van der Waals surface area contributed by atoms with Gasteiger partial charge in [-0.1, -0.05) is 0 Å². The van der Waals surface area contributed by atoms with E-state index in [0.29, 0.717) is 5.52 Å². The number of halogens is 1. The number of carboxylic acids is 1. The number of aromatic amines is 1. The highest BCUT2D eigenvalue weighted by Crippen LogP contribution is 2.21. The summed E-state index contributed by atoms with van der Waals surface area (Å²) in [6, 6.07) is 2.26. The molecule has 1 aromatic carbocycles. The van der Waals surface area contributed by atoms with E-state index in [1.165, 1.54) is 13.2 Å². The molecule has 0 fully saturated rings. The number of hydrogen-bond acceptors (Lipinski definition) is 3. The summed E-state index contributed by atoms with van der Waals surface area (Å²) in [7, 11) is 1.30. The molecule has 2 rings (SSSR count). The van der Waals surface area contributed by atoms with E-state index in [1.54, 1.807) is 0 Å². The number of H-pyrrole nitrogens is 1. The van der Waals surface area contributed by atoms with Crippen molar-refractivity contribution in [2.45, 2.75) is 0 Å². The topological polar surface area (TPSA) is 79.4 Å². The first kappa shape index (κ1) is 11.1. The molecule has 0 atom stereocenters. The van der Waals surface area contributed by atoms with Crippen LogP contribution in [-0.4, -0.2) is 23.2 Å². The Morgan fingerprint density at radius 2 is 2.18 bits per heavy atom. The smallest absolute Gasteiger partial charge is 0.341 e. The van der Waals surface area contributed by atoms with Crippen LogP contribution in [0.15, 0.2) is 23.1 Å². The van der Waals surface area contributed by atoms with Gasteiger partial charge < -0.3 is 14.8 Å². The molecule has 0 aliphatic carbocycles. The minimum Gasteiger partial charge on any atom is -0.494 e. The number of ether oxygens (including phenoxy) is 1. The number of hydrogen-bond donors (Lipinski definition) is 2. The van der Waals surface area contributed by atoms with Gasteiger partial charge in [0.1, 0.15) is 5.56 Å². The van der Waals surface area contributed by atoms with Gasteiger partial charge in [0, 0.05) is 17.6 Å². The lowest BCUT2D eigenvalue weighted by molar-refractivity contribution is 0.0695. The van der Waals surface area contributed by atoms with Crippen molar-refractivity contribution in [2.75, 3.05) is 7.11 Å². The van der Waals surface area contributed by atoms with Crippen LogP contribution in [0.1, 0.15) is 10.4 Å². The first-order valence-corrected chi connectivity index (χ1v) is 4.67. The standard InChI is InChI=1S/C11H8FNO4/c1-17-9-3-8-5(2-7(9)12)10(14)6(4-13-8)11(15)16/h2-4H,1H3,(H,13,14)(H,15,16). The molecule has 0 spiro atoms. The summed E-state index contributed by atoms with van der Waals surface area (Å²) in [5.74, 6) is -2.09. The lowest BCUT2D eigenvalue weighted by atomic mass is 10.1. The number of rotatable bonds is 2. The Morgan fingerprint density at radius 1 is 1.47 bits per heavy atom. The molecule has 5 nitrogen and oxygen atoms in total. The Bertz CT molecular complexity index is 662. The van der Waals surface area contributed by atoms with Crippen molar-refractivity contribution >= 4 is 16.9 Å². The second-order valence-corrected chi connectivity index (χ2v) is 3.37. The minimum absolute atomic E-state index is 0.0174. The number of pyridine rings is 1. The van der Waals surface area contributed by atoms with Crippen LogP contribution in [-0.2, 0) is 0 Å². The highest BCUT2D eigenvalue weighted by Gasteiger charge is 2.13. The van der Waals surface area contributed by atoms with Crippen LogP contribution in [0.4, 0.5) is 4.39 Å². The number of nitrogens with one attached hydrogen (secondary N) is 1. The fraction of sp³-hybridized carbons (Fsp3) is 0.0909. The predicted molar refractivity (Wildman–Crippen MR) is 58.0 cm³/mol. The van der Waals surface area contributed by atoms with Gasteiger partial charge in [-0.2, -0.15) is 0 Å². The molecule has 0 aliphatic heterocycles. The van der Waals surface area contributed by atoms with Crippen molar-refractivity contribution in [1.29, 1.82) is 0 Å². The summed E-state index contributed by atoms with van der Waals surface area (Å²) in [6.45, 7) is 0. The Kier molecular flexibility index (Phi) is 2.55. The maximum Gasteiger partial charge on any atom is 0.341 e.